The first-order chi connectivity index (χ1) is 14.5. The van der Waals surface area contributed by atoms with E-state index < -0.39 is 0 Å². The van der Waals surface area contributed by atoms with E-state index in [1.165, 1.54) is 11.0 Å². The maximum atomic E-state index is 12.3. The van der Waals surface area contributed by atoms with E-state index in [9.17, 15) is 15.1 Å². The van der Waals surface area contributed by atoms with Crippen LogP contribution in [0.4, 0.5) is 17.3 Å². The second-order valence-electron chi connectivity index (χ2n) is 8.55. The van der Waals surface area contributed by atoms with Gasteiger partial charge in [-0.25, -0.2) is 0 Å². The minimum Gasteiger partial charge on any atom is -0.505 e. The third-order valence-corrected chi connectivity index (χ3v) is 4.73. The number of hydrogen-bond acceptors (Lipinski definition) is 8. The van der Waals surface area contributed by atoms with Crippen LogP contribution < -0.4 is 15.5 Å². The SMILES string of the molecule is Cc1ccc([C@H](Nc2c(Nc3cccc(C(=O)N(C)C)c3O)no[n+]2[O-])C(C)(C)C)o1. The molecule has 3 N–H and O–H groups in total. The first-order valence-electron chi connectivity index (χ1n) is 9.72. The second kappa shape index (κ2) is 8.21. The van der Waals surface area contributed by atoms with E-state index >= 15 is 0 Å². The van der Waals surface area contributed by atoms with Crippen LogP contribution in [0.15, 0.2) is 39.4 Å². The number of rotatable bonds is 6. The van der Waals surface area contributed by atoms with Crippen LogP contribution in [0, 0.1) is 17.5 Å². The molecule has 0 aliphatic rings. The lowest BCUT2D eigenvalue weighted by atomic mass is 9.85. The van der Waals surface area contributed by atoms with Gasteiger partial charge in [-0.3, -0.25) is 10.1 Å². The zero-order valence-corrected chi connectivity index (χ0v) is 18.4. The van der Waals surface area contributed by atoms with Crippen molar-refractivity contribution in [2.24, 2.45) is 5.41 Å². The molecule has 0 saturated carbocycles. The van der Waals surface area contributed by atoms with Crippen LogP contribution in [0.1, 0.15) is 48.7 Å². The fourth-order valence-corrected chi connectivity index (χ4v) is 3.10. The Morgan fingerprint density at radius 2 is 1.97 bits per heavy atom. The summed E-state index contributed by atoms with van der Waals surface area (Å²) in [6.07, 6.45) is 0. The molecular weight excluding hydrogens is 402 g/mol. The molecule has 0 saturated heterocycles. The summed E-state index contributed by atoms with van der Waals surface area (Å²) in [5, 5.41) is 32.7. The molecule has 10 nitrogen and oxygen atoms in total. The number of phenols is 1. The number of furan rings is 1. The van der Waals surface area contributed by atoms with Gasteiger partial charge in [0.05, 0.1) is 11.3 Å². The first kappa shape index (κ1) is 22.0. The van der Waals surface area contributed by atoms with Gasteiger partial charge in [-0.1, -0.05) is 31.7 Å². The third kappa shape index (κ3) is 4.57. The second-order valence-corrected chi connectivity index (χ2v) is 8.55. The molecule has 166 valence electrons. The van der Waals surface area contributed by atoms with E-state index in [0.29, 0.717) is 5.76 Å². The minimum atomic E-state index is -0.378. The number of benzene rings is 1. The van der Waals surface area contributed by atoms with Crippen molar-refractivity contribution < 1.29 is 23.9 Å². The summed E-state index contributed by atoms with van der Waals surface area (Å²) >= 11 is 0. The van der Waals surface area contributed by atoms with E-state index in [2.05, 4.69) is 15.8 Å². The van der Waals surface area contributed by atoms with Gasteiger partial charge >= 0.3 is 11.6 Å². The van der Waals surface area contributed by atoms with Gasteiger partial charge in [0.2, 0.25) is 0 Å². The summed E-state index contributed by atoms with van der Waals surface area (Å²) in [6.45, 7) is 7.84. The molecule has 2 aromatic heterocycles. The standard InChI is InChI=1S/C21H27N5O5/c1-12-10-11-15(30-12)17(21(2,3)4)23-19-18(24-31-26(19)29)22-14-9-7-8-13(16(14)27)20(28)25(5)6/h7-11,17,23,27H,1-6H3,(H,22,24)/t17-/m0/s1. The minimum absolute atomic E-state index is 0.0118. The summed E-state index contributed by atoms with van der Waals surface area (Å²) in [5.74, 6) is 0.840. The Balaban J connectivity index is 1.95. The molecule has 0 radical (unpaired) electrons. The van der Waals surface area contributed by atoms with Gasteiger partial charge < -0.3 is 29.6 Å². The summed E-state index contributed by atoms with van der Waals surface area (Å²) in [7, 11) is 3.18. The topological polar surface area (TPSA) is 131 Å². The Morgan fingerprint density at radius 1 is 1.26 bits per heavy atom. The summed E-state index contributed by atoms with van der Waals surface area (Å²) in [6, 6.07) is 7.99. The highest BCUT2D eigenvalue weighted by Gasteiger charge is 2.35. The Bertz CT molecular complexity index is 1080. The molecule has 2 heterocycles. The van der Waals surface area contributed by atoms with Gasteiger partial charge in [0.1, 0.15) is 17.6 Å². The Morgan fingerprint density at radius 3 is 2.55 bits per heavy atom. The highest BCUT2D eigenvalue weighted by atomic mass is 16.8. The number of hydrogen-bond donors (Lipinski definition) is 3. The quantitative estimate of drug-likeness (QED) is 0.400. The monoisotopic (exact) mass is 429 g/mol. The van der Waals surface area contributed by atoms with Gasteiger partial charge in [-0.2, -0.15) is 0 Å². The van der Waals surface area contributed by atoms with Crippen molar-refractivity contribution in [3.05, 3.63) is 52.6 Å². The Kier molecular flexibility index (Phi) is 5.83. The molecule has 0 aliphatic carbocycles. The first-order valence-corrected chi connectivity index (χ1v) is 9.72. The summed E-state index contributed by atoms with van der Waals surface area (Å²) in [5.41, 5.74) is -0.0149. The molecule has 0 unspecified atom stereocenters. The van der Waals surface area contributed by atoms with Crippen molar-refractivity contribution in [2.45, 2.75) is 33.7 Å². The number of anilines is 3. The van der Waals surface area contributed by atoms with Crippen LogP contribution in [0.3, 0.4) is 0 Å². The predicted octanol–water partition coefficient (Wildman–Crippen LogP) is 3.56. The lowest BCUT2D eigenvalue weighted by molar-refractivity contribution is -0.791. The van der Waals surface area contributed by atoms with Crippen LogP contribution in [0.25, 0.3) is 0 Å². The number of aromatic nitrogens is 2. The number of nitrogens with zero attached hydrogens (tertiary/aromatic N) is 3. The molecule has 3 rings (SSSR count). The number of carbonyl (C=O) groups excluding carboxylic acids is 1. The van der Waals surface area contributed by atoms with E-state index in [-0.39, 0.29) is 50.9 Å². The van der Waals surface area contributed by atoms with E-state index in [1.807, 2.05) is 39.8 Å². The molecule has 31 heavy (non-hydrogen) atoms. The fourth-order valence-electron chi connectivity index (χ4n) is 3.10. The van der Waals surface area contributed by atoms with E-state index in [0.717, 1.165) is 5.76 Å². The van der Waals surface area contributed by atoms with Gasteiger partial charge in [0.15, 0.2) is 5.75 Å². The molecule has 0 spiro atoms. The van der Waals surface area contributed by atoms with Crippen molar-refractivity contribution in [1.82, 2.24) is 10.1 Å². The largest absolute Gasteiger partial charge is 0.505 e. The van der Waals surface area contributed by atoms with Gasteiger partial charge in [-0.05, 0) is 36.3 Å². The van der Waals surface area contributed by atoms with Crippen LogP contribution >= 0.6 is 0 Å². The van der Waals surface area contributed by atoms with Gasteiger partial charge in [0.25, 0.3) is 5.91 Å². The van der Waals surface area contributed by atoms with Crippen LogP contribution in [0.5, 0.6) is 5.75 Å². The molecule has 1 aromatic carbocycles. The zero-order valence-electron chi connectivity index (χ0n) is 18.4. The zero-order chi connectivity index (χ0) is 22.9. The predicted molar refractivity (Wildman–Crippen MR) is 114 cm³/mol. The van der Waals surface area contributed by atoms with Crippen molar-refractivity contribution in [3.8, 4) is 5.75 Å². The number of amides is 1. The molecule has 1 atom stereocenters. The molecule has 1 amide bonds. The van der Waals surface area contributed by atoms with Crippen LogP contribution in [0.2, 0.25) is 0 Å². The number of nitrogens with one attached hydrogen (secondary N) is 2. The molecule has 3 aromatic rings. The molecular formula is C21H27N5O5. The van der Waals surface area contributed by atoms with Gasteiger partial charge in [0, 0.05) is 19.5 Å². The lowest BCUT2D eigenvalue weighted by Gasteiger charge is -2.27. The average molecular weight is 429 g/mol. The number of aryl methyl sites for hydroxylation is 1. The highest BCUT2D eigenvalue weighted by Crippen LogP contribution is 2.38. The van der Waals surface area contributed by atoms with Gasteiger partial charge in [-0.15, -0.1) is 0 Å². The number of carbonyl (C=O) groups is 1. The molecule has 0 fully saturated rings. The van der Waals surface area contributed by atoms with Crippen molar-refractivity contribution in [1.29, 1.82) is 0 Å². The molecule has 0 aliphatic heterocycles. The third-order valence-electron chi connectivity index (χ3n) is 4.73. The summed E-state index contributed by atoms with van der Waals surface area (Å²) < 4.78 is 10.6. The molecule has 0 bridgehead atoms. The molecule has 10 heteroatoms. The maximum Gasteiger partial charge on any atom is 0.320 e. The number of phenolic OH excluding ortho intramolecular Hbond substituents is 1. The van der Waals surface area contributed by atoms with Crippen molar-refractivity contribution >= 4 is 23.2 Å². The number of para-hydroxylation sites is 1. The lowest BCUT2D eigenvalue weighted by Crippen LogP contribution is -2.33. The van der Waals surface area contributed by atoms with E-state index in [4.69, 9.17) is 9.05 Å². The van der Waals surface area contributed by atoms with Crippen LogP contribution in [-0.4, -0.2) is 35.2 Å². The highest BCUT2D eigenvalue weighted by molar-refractivity contribution is 5.98. The van der Waals surface area contributed by atoms with Crippen molar-refractivity contribution in [3.63, 3.8) is 0 Å². The Hall–Kier alpha value is -3.69. The maximum absolute atomic E-state index is 12.3. The Labute approximate surface area is 180 Å². The normalized spacial score (nSPS) is 12.5. The van der Waals surface area contributed by atoms with Crippen LogP contribution in [-0.2, 0) is 0 Å². The average Bonchev–Trinajstić information content (AvgIpc) is 3.25. The number of aromatic hydroxyl groups is 1. The fraction of sp³-hybridized carbons (Fsp3) is 0.381. The smallest absolute Gasteiger partial charge is 0.320 e. The summed E-state index contributed by atoms with van der Waals surface area (Å²) in [4.78, 5) is 13.9. The van der Waals surface area contributed by atoms with E-state index in [1.54, 1.807) is 26.2 Å². The van der Waals surface area contributed by atoms with Crippen molar-refractivity contribution in [2.75, 3.05) is 24.7 Å².